The van der Waals surface area contributed by atoms with Crippen molar-refractivity contribution in [2.75, 3.05) is 11.1 Å². The summed E-state index contributed by atoms with van der Waals surface area (Å²) in [6.07, 6.45) is -2.93. The van der Waals surface area contributed by atoms with E-state index in [1.807, 2.05) is 0 Å². The molecule has 1 aliphatic carbocycles. The lowest BCUT2D eigenvalue weighted by Gasteiger charge is -2.18. The van der Waals surface area contributed by atoms with Crippen LogP contribution in [0, 0.1) is 5.92 Å². The summed E-state index contributed by atoms with van der Waals surface area (Å²) in [4.78, 5) is 33.1. The standard InChI is InChI=1S/C23H23F3N4O4S3/c1-12-6-7-13-16(10-12)36-21(19(13)20(27)32)30-18(31)5-3-9-37(33,34)22-28-14(15-4-2-8-35-15)11-17(29-22)23(24,25)26/h2,4,8,11-12H,3,5-7,9-10H2,1H3,(H2,27,32)(H,30,31)/t12-/m1/s1. The molecule has 0 unspecified atom stereocenters. The number of amides is 2. The molecular formula is C23H23F3N4O4S3. The predicted molar refractivity (Wildman–Crippen MR) is 134 cm³/mol. The third-order valence-electron chi connectivity index (χ3n) is 5.88. The number of alkyl halides is 3. The quantitative estimate of drug-likeness (QED) is 0.376. The van der Waals surface area contributed by atoms with Crippen LogP contribution < -0.4 is 11.1 Å². The van der Waals surface area contributed by atoms with E-state index in [0.29, 0.717) is 28.3 Å². The van der Waals surface area contributed by atoms with E-state index in [1.165, 1.54) is 17.4 Å². The molecule has 0 radical (unpaired) electrons. The number of nitrogens with two attached hydrogens (primary N) is 1. The molecule has 0 aliphatic heterocycles. The SMILES string of the molecule is C[C@@H]1CCc2c(sc(NC(=O)CCCS(=O)(=O)c3nc(-c4cccs4)cc(C(F)(F)F)n3)c2C(N)=O)C1. The van der Waals surface area contributed by atoms with Gasteiger partial charge in [-0.3, -0.25) is 9.59 Å². The lowest BCUT2D eigenvalue weighted by molar-refractivity contribution is -0.141. The first-order chi connectivity index (χ1) is 17.3. The fourth-order valence-corrected chi connectivity index (χ4v) is 7.36. The summed E-state index contributed by atoms with van der Waals surface area (Å²) >= 11 is 2.40. The molecule has 0 bridgehead atoms. The Morgan fingerprint density at radius 2 is 2.03 bits per heavy atom. The number of aromatic nitrogens is 2. The van der Waals surface area contributed by atoms with E-state index in [2.05, 4.69) is 22.2 Å². The van der Waals surface area contributed by atoms with Gasteiger partial charge in [0.1, 0.15) is 10.7 Å². The molecule has 3 aromatic heterocycles. The van der Waals surface area contributed by atoms with Crippen LogP contribution in [0.3, 0.4) is 0 Å². The number of primary amides is 1. The van der Waals surface area contributed by atoms with Crippen LogP contribution in [0.15, 0.2) is 28.7 Å². The van der Waals surface area contributed by atoms with Gasteiger partial charge in [0.15, 0.2) is 0 Å². The molecule has 0 saturated carbocycles. The van der Waals surface area contributed by atoms with E-state index in [9.17, 15) is 31.2 Å². The fourth-order valence-electron chi connectivity index (χ4n) is 4.06. The molecule has 3 heterocycles. The lowest BCUT2D eigenvalue weighted by atomic mass is 9.88. The van der Waals surface area contributed by atoms with Crippen LogP contribution in [-0.4, -0.2) is 36.0 Å². The topological polar surface area (TPSA) is 132 Å². The number of sulfone groups is 1. The van der Waals surface area contributed by atoms with Gasteiger partial charge in [-0.15, -0.1) is 22.7 Å². The van der Waals surface area contributed by atoms with Crippen molar-refractivity contribution >= 4 is 49.3 Å². The van der Waals surface area contributed by atoms with Crippen molar-refractivity contribution < 1.29 is 31.2 Å². The van der Waals surface area contributed by atoms with E-state index >= 15 is 0 Å². The summed E-state index contributed by atoms with van der Waals surface area (Å²) in [6.45, 7) is 2.10. The van der Waals surface area contributed by atoms with Crippen LogP contribution in [0.5, 0.6) is 0 Å². The molecule has 198 valence electrons. The van der Waals surface area contributed by atoms with E-state index < -0.39 is 44.4 Å². The highest BCUT2D eigenvalue weighted by Crippen LogP contribution is 2.39. The van der Waals surface area contributed by atoms with Gasteiger partial charge < -0.3 is 11.1 Å². The first-order valence-corrected chi connectivity index (χ1v) is 14.7. The van der Waals surface area contributed by atoms with E-state index in [1.54, 1.807) is 11.4 Å². The molecule has 37 heavy (non-hydrogen) atoms. The molecule has 1 atom stereocenters. The van der Waals surface area contributed by atoms with Gasteiger partial charge in [0.05, 0.1) is 21.9 Å². The van der Waals surface area contributed by atoms with Crippen LogP contribution in [0.4, 0.5) is 18.2 Å². The van der Waals surface area contributed by atoms with Gasteiger partial charge in [-0.1, -0.05) is 13.0 Å². The molecule has 1 aliphatic rings. The number of rotatable bonds is 8. The summed E-state index contributed by atoms with van der Waals surface area (Å²) in [5.74, 6) is -1.37. The number of carbonyl (C=O) groups is 2. The second kappa shape index (κ2) is 10.5. The minimum absolute atomic E-state index is 0.149. The van der Waals surface area contributed by atoms with E-state index in [0.717, 1.165) is 34.6 Å². The molecule has 8 nitrogen and oxygen atoms in total. The summed E-state index contributed by atoms with van der Waals surface area (Å²) < 4.78 is 65.7. The van der Waals surface area contributed by atoms with Crippen LogP contribution in [0.25, 0.3) is 10.6 Å². The molecule has 0 fully saturated rings. The lowest BCUT2D eigenvalue weighted by Crippen LogP contribution is -2.20. The molecule has 0 saturated heterocycles. The monoisotopic (exact) mass is 572 g/mol. The molecule has 3 N–H and O–H groups in total. The van der Waals surface area contributed by atoms with Gasteiger partial charge in [-0.25, -0.2) is 18.4 Å². The highest BCUT2D eigenvalue weighted by atomic mass is 32.2. The number of hydrogen-bond acceptors (Lipinski definition) is 8. The number of anilines is 1. The molecule has 3 aromatic rings. The number of halogens is 3. The maximum absolute atomic E-state index is 13.4. The van der Waals surface area contributed by atoms with Gasteiger partial charge in [-0.05, 0) is 54.7 Å². The Morgan fingerprint density at radius 1 is 1.27 bits per heavy atom. The van der Waals surface area contributed by atoms with Crippen molar-refractivity contribution in [1.82, 2.24) is 9.97 Å². The van der Waals surface area contributed by atoms with Crippen LogP contribution in [0.1, 0.15) is 52.7 Å². The number of fused-ring (bicyclic) bond motifs is 1. The largest absolute Gasteiger partial charge is 0.433 e. The number of carbonyl (C=O) groups excluding carboxylic acids is 2. The minimum atomic E-state index is -4.87. The average Bonchev–Trinajstić information content (AvgIpc) is 3.45. The van der Waals surface area contributed by atoms with Crippen molar-refractivity contribution in [2.24, 2.45) is 11.7 Å². The summed E-state index contributed by atoms with van der Waals surface area (Å²) in [6, 6.07) is 3.84. The molecule has 2 amide bonds. The van der Waals surface area contributed by atoms with Gasteiger partial charge in [0.2, 0.25) is 20.9 Å². The Bertz CT molecular complexity index is 1430. The summed E-state index contributed by atoms with van der Waals surface area (Å²) in [7, 11) is -4.32. The zero-order valence-corrected chi connectivity index (χ0v) is 22.0. The Labute approximate surface area is 219 Å². The third kappa shape index (κ3) is 6.18. The van der Waals surface area contributed by atoms with Gasteiger partial charge in [0, 0.05) is 11.3 Å². The van der Waals surface area contributed by atoms with Crippen molar-refractivity contribution in [1.29, 1.82) is 0 Å². The third-order valence-corrected chi connectivity index (χ3v) is 9.50. The van der Waals surface area contributed by atoms with Crippen molar-refractivity contribution in [2.45, 2.75) is 50.4 Å². The second-order valence-corrected chi connectivity index (χ2v) is 12.8. The zero-order chi connectivity index (χ0) is 27.0. The minimum Gasteiger partial charge on any atom is -0.365 e. The molecule has 14 heteroatoms. The van der Waals surface area contributed by atoms with E-state index in [4.69, 9.17) is 5.73 Å². The number of thiophene rings is 2. The number of hydrogen-bond donors (Lipinski definition) is 2. The highest BCUT2D eigenvalue weighted by Gasteiger charge is 2.35. The van der Waals surface area contributed by atoms with E-state index in [-0.39, 0.29) is 24.1 Å². The predicted octanol–water partition coefficient (Wildman–Crippen LogP) is 4.70. The Balaban J connectivity index is 1.47. The second-order valence-electron chi connectivity index (χ2n) is 8.79. The zero-order valence-electron chi connectivity index (χ0n) is 19.6. The Hall–Kier alpha value is -2.84. The molecule has 0 aromatic carbocycles. The molecular weight excluding hydrogens is 549 g/mol. The highest BCUT2D eigenvalue weighted by molar-refractivity contribution is 7.91. The molecule has 4 rings (SSSR count). The maximum Gasteiger partial charge on any atom is 0.433 e. The number of nitrogens with one attached hydrogen (secondary N) is 1. The van der Waals surface area contributed by atoms with Crippen molar-refractivity contribution in [3.63, 3.8) is 0 Å². The van der Waals surface area contributed by atoms with Gasteiger partial charge in [-0.2, -0.15) is 13.2 Å². The number of nitrogens with zero attached hydrogens (tertiary/aromatic N) is 2. The van der Waals surface area contributed by atoms with Crippen molar-refractivity contribution in [3.05, 3.63) is 45.3 Å². The van der Waals surface area contributed by atoms with Crippen LogP contribution in [-0.2, 0) is 33.6 Å². The molecule has 0 spiro atoms. The first-order valence-electron chi connectivity index (χ1n) is 11.3. The van der Waals surface area contributed by atoms with Gasteiger partial charge in [0.25, 0.3) is 5.91 Å². The summed E-state index contributed by atoms with van der Waals surface area (Å²) in [5.41, 5.74) is 5.16. The summed E-state index contributed by atoms with van der Waals surface area (Å²) in [5, 5.41) is 3.67. The average molecular weight is 573 g/mol. The Morgan fingerprint density at radius 3 is 2.68 bits per heavy atom. The Kier molecular flexibility index (Phi) is 7.72. The van der Waals surface area contributed by atoms with Gasteiger partial charge >= 0.3 is 6.18 Å². The van der Waals surface area contributed by atoms with Crippen molar-refractivity contribution in [3.8, 4) is 10.6 Å². The smallest absolute Gasteiger partial charge is 0.365 e. The first kappa shape index (κ1) is 27.2. The fraction of sp³-hybridized carbons (Fsp3) is 0.391. The maximum atomic E-state index is 13.4. The van der Waals surface area contributed by atoms with Crippen LogP contribution in [0.2, 0.25) is 0 Å². The normalized spacial score (nSPS) is 15.8. The van der Waals surface area contributed by atoms with Crippen LogP contribution >= 0.6 is 22.7 Å².